The number of rotatable bonds is 2. The molecule has 5 rings (SSSR count). The molecule has 1 aromatic carbocycles. The van der Waals surface area contributed by atoms with E-state index in [4.69, 9.17) is 4.74 Å². The second-order valence-corrected chi connectivity index (χ2v) is 6.38. The van der Waals surface area contributed by atoms with Crippen molar-refractivity contribution in [1.82, 2.24) is 28.9 Å². The summed E-state index contributed by atoms with van der Waals surface area (Å²) in [6, 6.07) is 4.14. The van der Waals surface area contributed by atoms with Crippen molar-refractivity contribution in [2.24, 2.45) is 7.05 Å². The van der Waals surface area contributed by atoms with Crippen LogP contribution in [0.2, 0.25) is 0 Å². The Kier molecular flexibility index (Phi) is 3.20. The van der Waals surface area contributed by atoms with E-state index in [1.807, 2.05) is 0 Å². The van der Waals surface area contributed by atoms with Crippen molar-refractivity contribution in [3.05, 3.63) is 52.6 Å². The Morgan fingerprint density at radius 3 is 3.04 bits per heavy atom. The second-order valence-electron chi connectivity index (χ2n) is 6.38. The van der Waals surface area contributed by atoms with Crippen molar-refractivity contribution < 1.29 is 9.13 Å². The summed E-state index contributed by atoms with van der Waals surface area (Å²) >= 11 is 0. The van der Waals surface area contributed by atoms with Crippen LogP contribution in [0.4, 0.5) is 4.39 Å². The van der Waals surface area contributed by atoms with Crippen LogP contribution in [0.3, 0.4) is 0 Å². The normalized spacial score (nSPS) is 17.5. The summed E-state index contributed by atoms with van der Waals surface area (Å²) in [5.74, 6) is 0.0272. The minimum atomic E-state index is -0.452. The molecule has 9 heteroatoms. The Bertz CT molecular complexity index is 1200. The Labute approximate surface area is 146 Å². The first kappa shape index (κ1) is 15.2. The molecule has 0 N–H and O–H groups in total. The Morgan fingerprint density at radius 2 is 2.23 bits per heavy atom. The molecule has 1 aliphatic heterocycles. The first-order chi connectivity index (χ1) is 12.6. The van der Waals surface area contributed by atoms with Crippen molar-refractivity contribution >= 4 is 16.6 Å². The van der Waals surface area contributed by atoms with Gasteiger partial charge in [0.15, 0.2) is 11.5 Å². The number of benzene rings is 1. The molecule has 0 bridgehead atoms. The molecule has 0 aliphatic carbocycles. The van der Waals surface area contributed by atoms with E-state index in [1.165, 1.54) is 16.7 Å². The van der Waals surface area contributed by atoms with E-state index in [0.29, 0.717) is 22.4 Å². The van der Waals surface area contributed by atoms with Gasteiger partial charge in [0.2, 0.25) is 0 Å². The molecule has 8 nitrogen and oxygen atoms in total. The van der Waals surface area contributed by atoms with Gasteiger partial charge in [-0.25, -0.2) is 9.37 Å². The molecule has 4 aromatic rings. The zero-order valence-corrected chi connectivity index (χ0v) is 14.0. The summed E-state index contributed by atoms with van der Waals surface area (Å²) in [4.78, 5) is 17.1. The molecule has 0 amide bonds. The summed E-state index contributed by atoms with van der Waals surface area (Å²) in [5.41, 5.74) is 1.59. The topological polar surface area (TPSA) is 79.2 Å². The van der Waals surface area contributed by atoms with Crippen molar-refractivity contribution in [2.45, 2.75) is 18.9 Å². The fourth-order valence-electron chi connectivity index (χ4n) is 3.49. The number of nitrogens with zero attached hydrogens (tertiary/aromatic N) is 6. The average molecular weight is 354 g/mol. The van der Waals surface area contributed by atoms with Crippen LogP contribution < -0.4 is 5.56 Å². The third kappa shape index (κ3) is 2.10. The van der Waals surface area contributed by atoms with E-state index >= 15 is 0 Å². The highest BCUT2D eigenvalue weighted by Crippen LogP contribution is 2.27. The second kappa shape index (κ2) is 5.46. The number of fused-ring (bicyclic) bond motifs is 3. The highest BCUT2D eigenvalue weighted by molar-refractivity contribution is 5.82. The predicted molar refractivity (Wildman–Crippen MR) is 90.7 cm³/mol. The quantitative estimate of drug-likeness (QED) is 0.548. The van der Waals surface area contributed by atoms with Crippen LogP contribution in [0.5, 0.6) is 0 Å². The van der Waals surface area contributed by atoms with E-state index in [2.05, 4.69) is 15.3 Å². The first-order valence-electron chi connectivity index (χ1n) is 8.33. The molecule has 26 heavy (non-hydrogen) atoms. The average Bonchev–Trinajstić information content (AvgIpc) is 3.38. The summed E-state index contributed by atoms with van der Waals surface area (Å²) in [6.45, 7) is 0.724. The molecule has 0 radical (unpaired) electrons. The lowest BCUT2D eigenvalue weighted by atomic mass is 10.2. The van der Waals surface area contributed by atoms with Crippen LogP contribution in [0, 0.1) is 5.82 Å². The Balaban J connectivity index is 1.74. The number of hydrogen-bond acceptors (Lipinski definition) is 5. The van der Waals surface area contributed by atoms with E-state index in [9.17, 15) is 9.18 Å². The van der Waals surface area contributed by atoms with Gasteiger partial charge in [-0.1, -0.05) is 5.21 Å². The SMILES string of the molecule is Cn1c(=O)c2cc(F)ccc2n2cnc(-n3cc(C4CCCO4)nn3)c12. The van der Waals surface area contributed by atoms with E-state index in [-0.39, 0.29) is 11.7 Å². The van der Waals surface area contributed by atoms with Gasteiger partial charge in [0.25, 0.3) is 5.56 Å². The van der Waals surface area contributed by atoms with Crippen molar-refractivity contribution in [3.8, 4) is 5.82 Å². The van der Waals surface area contributed by atoms with Gasteiger partial charge in [-0.3, -0.25) is 13.8 Å². The van der Waals surface area contributed by atoms with Gasteiger partial charge < -0.3 is 4.74 Å². The number of hydrogen-bond donors (Lipinski definition) is 0. The van der Waals surface area contributed by atoms with Gasteiger partial charge in [-0.15, -0.1) is 5.10 Å². The van der Waals surface area contributed by atoms with Gasteiger partial charge in [-0.05, 0) is 31.0 Å². The third-order valence-corrected chi connectivity index (χ3v) is 4.78. The zero-order chi connectivity index (χ0) is 17.8. The first-order valence-corrected chi connectivity index (χ1v) is 8.33. The highest BCUT2D eigenvalue weighted by atomic mass is 19.1. The molecular weight excluding hydrogens is 339 g/mol. The molecule has 0 saturated carbocycles. The molecule has 1 fully saturated rings. The molecule has 132 valence electrons. The summed E-state index contributed by atoms with van der Waals surface area (Å²) in [6.07, 6.45) is 5.24. The maximum atomic E-state index is 13.6. The molecule has 1 unspecified atom stereocenters. The fraction of sp³-hybridized carbons (Fsp3) is 0.294. The van der Waals surface area contributed by atoms with Crippen LogP contribution in [-0.2, 0) is 11.8 Å². The Hall–Kier alpha value is -3.07. The lowest BCUT2D eigenvalue weighted by molar-refractivity contribution is 0.108. The van der Waals surface area contributed by atoms with Crippen LogP contribution in [0.1, 0.15) is 24.6 Å². The molecule has 1 atom stereocenters. The van der Waals surface area contributed by atoms with Crippen molar-refractivity contribution in [2.75, 3.05) is 6.61 Å². The minimum Gasteiger partial charge on any atom is -0.372 e. The maximum absolute atomic E-state index is 13.6. The zero-order valence-electron chi connectivity index (χ0n) is 14.0. The largest absolute Gasteiger partial charge is 0.372 e. The maximum Gasteiger partial charge on any atom is 0.261 e. The predicted octanol–water partition coefficient (Wildman–Crippen LogP) is 1.76. The van der Waals surface area contributed by atoms with Crippen LogP contribution in [0.25, 0.3) is 22.4 Å². The summed E-state index contributed by atoms with van der Waals surface area (Å²) in [5, 5.41) is 8.64. The summed E-state index contributed by atoms with van der Waals surface area (Å²) < 4.78 is 23.9. The van der Waals surface area contributed by atoms with Gasteiger partial charge in [-0.2, -0.15) is 4.68 Å². The van der Waals surface area contributed by atoms with E-state index < -0.39 is 5.82 Å². The van der Waals surface area contributed by atoms with Crippen LogP contribution in [-0.4, -0.2) is 35.6 Å². The van der Waals surface area contributed by atoms with Crippen molar-refractivity contribution in [3.63, 3.8) is 0 Å². The van der Waals surface area contributed by atoms with E-state index in [0.717, 1.165) is 25.1 Å². The smallest absolute Gasteiger partial charge is 0.261 e. The molecule has 1 aliphatic rings. The number of aromatic nitrogens is 6. The lowest BCUT2D eigenvalue weighted by Gasteiger charge is -2.08. The number of ether oxygens (including phenoxy) is 1. The third-order valence-electron chi connectivity index (χ3n) is 4.78. The molecule has 1 saturated heterocycles. The highest BCUT2D eigenvalue weighted by Gasteiger charge is 2.22. The van der Waals surface area contributed by atoms with Crippen molar-refractivity contribution in [1.29, 1.82) is 0 Å². The number of imidazole rings is 1. The fourth-order valence-corrected chi connectivity index (χ4v) is 3.49. The van der Waals surface area contributed by atoms with Gasteiger partial charge in [0.1, 0.15) is 23.9 Å². The number of aryl methyl sites for hydroxylation is 1. The van der Waals surface area contributed by atoms with Crippen LogP contribution in [0.15, 0.2) is 35.5 Å². The molecular formula is C17H15FN6O2. The van der Waals surface area contributed by atoms with Gasteiger partial charge in [0, 0.05) is 13.7 Å². The molecule has 0 spiro atoms. The number of halogens is 1. The standard InChI is InChI=1S/C17H15FN6O2/c1-22-16-15(24-8-12(20-21-24)14-3-2-6-26-14)19-9-23(16)13-5-4-10(18)7-11(13)17(22)25/h4-5,7-9,14H,2-3,6H2,1H3. The van der Waals surface area contributed by atoms with Gasteiger partial charge >= 0.3 is 0 Å². The van der Waals surface area contributed by atoms with Crippen LogP contribution >= 0.6 is 0 Å². The lowest BCUT2D eigenvalue weighted by Crippen LogP contribution is -2.20. The molecule has 4 heterocycles. The minimum absolute atomic E-state index is 0.0507. The van der Waals surface area contributed by atoms with Gasteiger partial charge in [0.05, 0.1) is 17.1 Å². The van der Waals surface area contributed by atoms with E-state index in [1.54, 1.807) is 34.7 Å². The Morgan fingerprint density at radius 1 is 1.35 bits per heavy atom. The monoisotopic (exact) mass is 354 g/mol. The summed E-state index contributed by atoms with van der Waals surface area (Å²) in [7, 11) is 1.63. The molecule has 3 aromatic heterocycles.